The van der Waals surface area contributed by atoms with Gasteiger partial charge in [0.05, 0.1) is 5.22 Å². The van der Waals surface area contributed by atoms with Gasteiger partial charge in [0.1, 0.15) is 5.49 Å². The maximum atomic E-state index is 13.5. The summed E-state index contributed by atoms with van der Waals surface area (Å²) in [6.07, 6.45) is -5.26. The fourth-order valence-corrected chi connectivity index (χ4v) is 2.91. The van der Waals surface area contributed by atoms with Crippen molar-refractivity contribution < 1.29 is 13.2 Å². The molecule has 1 aliphatic heterocycles. The molecule has 1 aromatic carbocycles. The van der Waals surface area contributed by atoms with Gasteiger partial charge in [-0.3, -0.25) is 13.9 Å². The highest BCUT2D eigenvalue weighted by molar-refractivity contribution is 5.24. The van der Waals surface area contributed by atoms with E-state index in [0.29, 0.717) is 6.42 Å². The van der Waals surface area contributed by atoms with Crippen LogP contribution in [0.4, 0.5) is 13.2 Å². The minimum atomic E-state index is -4.64. The van der Waals surface area contributed by atoms with Gasteiger partial charge >= 0.3 is 11.9 Å². The molecule has 2 heterocycles. The van der Waals surface area contributed by atoms with Crippen molar-refractivity contribution in [2.45, 2.75) is 18.8 Å². The van der Waals surface area contributed by atoms with Crippen LogP contribution in [0.15, 0.2) is 44.9 Å². The van der Waals surface area contributed by atoms with Crippen LogP contribution < -0.4 is 22.0 Å². The predicted molar refractivity (Wildman–Crippen MR) is 88.9 cm³/mol. The number of aromatic nitrogens is 2. The molecule has 1 aliphatic rings. The SMILES string of the molecule is Cn1c(=O)c2c(n(C)c1=O)=NC(C(F)(F)F)N(CCc1ccccc1)C=2. The molecule has 26 heavy (non-hydrogen) atoms. The van der Waals surface area contributed by atoms with E-state index in [4.69, 9.17) is 0 Å². The van der Waals surface area contributed by atoms with E-state index in [2.05, 4.69) is 4.99 Å². The van der Waals surface area contributed by atoms with Gasteiger partial charge in [0.2, 0.25) is 6.17 Å². The van der Waals surface area contributed by atoms with Crippen LogP contribution in [0.1, 0.15) is 5.56 Å². The molecule has 0 N–H and O–H groups in total. The zero-order chi connectivity index (χ0) is 19.1. The Bertz CT molecular complexity index is 1050. The van der Waals surface area contributed by atoms with Gasteiger partial charge in [-0.05, 0) is 12.0 Å². The number of hydrogen-bond donors (Lipinski definition) is 0. The van der Waals surface area contributed by atoms with Crippen molar-refractivity contribution in [3.63, 3.8) is 0 Å². The fraction of sp³-hybridized carbons (Fsp3) is 0.353. The number of benzene rings is 1. The van der Waals surface area contributed by atoms with Crippen LogP contribution in [0.3, 0.4) is 0 Å². The van der Waals surface area contributed by atoms with Gasteiger partial charge in [-0.15, -0.1) is 0 Å². The van der Waals surface area contributed by atoms with Crippen molar-refractivity contribution in [3.8, 4) is 0 Å². The number of alkyl halides is 3. The number of nitrogens with zero attached hydrogens (tertiary/aromatic N) is 4. The Morgan fingerprint density at radius 1 is 1.08 bits per heavy atom. The van der Waals surface area contributed by atoms with Crippen molar-refractivity contribution in [1.82, 2.24) is 14.0 Å². The molecule has 138 valence electrons. The first-order valence-corrected chi connectivity index (χ1v) is 7.92. The fourth-order valence-electron chi connectivity index (χ4n) is 2.91. The first kappa shape index (κ1) is 18.0. The van der Waals surface area contributed by atoms with Gasteiger partial charge < -0.3 is 4.90 Å². The second kappa shape index (κ2) is 6.47. The van der Waals surface area contributed by atoms with Crippen LogP contribution in [0.25, 0.3) is 6.20 Å². The van der Waals surface area contributed by atoms with E-state index in [1.165, 1.54) is 14.1 Å². The normalized spacial score (nSPS) is 16.7. The standard InChI is InChI=1S/C17H17F3N4O2/c1-22-13-12(14(25)23(2)16(22)26)10-24(15(21-13)17(18,19)20)9-8-11-6-4-3-5-7-11/h3-7,10,15H,8-9H2,1-2H3. The van der Waals surface area contributed by atoms with Crippen LogP contribution in [0.2, 0.25) is 0 Å². The quantitative estimate of drug-likeness (QED) is 0.762. The van der Waals surface area contributed by atoms with Gasteiger partial charge in [0.15, 0.2) is 0 Å². The summed E-state index contributed by atoms with van der Waals surface area (Å²) in [6, 6.07) is 9.08. The van der Waals surface area contributed by atoms with Crippen molar-refractivity contribution in [3.05, 3.63) is 67.4 Å². The Balaban J connectivity index is 2.11. The zero-order valence-electron chi connectivity index (χ0n) is 14.2. The smallest absolute Gasteiger partial charge is 0.347 e. The van der Waals surface area contributed by atoms with E-state index in [1.54, 1.807) is 0 Å². The summed E-state index contributed by atoms with van der Waals surface area (Å²) in [6.45, 7) is 0.0309. The van der Waals surface area contributed by atoms with Crippen LogP contribution in [-0.2, 0) is 20.5 Å². The molecule has 6 nitrogen and oxygen atoms in total. The summed E-state index contributed by atoms with van der Waals surface area (Å²) in [5.41, 5.74) is -0.765. The summed E-state index contributed by atoms with van der Waals surface area (Å²) in [4.78, 5) is 29.0. The number of halogens is 3. The maximum Gasteiger partial charge on any atom is 0.429 e. The Morgan fingerprint density at radius 3 is 2.35 bits per heavy atom. The summed E-state index contributed by atoms with van der Waals surface area (Å²) in [7, 11) is 2.58. The first-order chi connectivity index (χ1) is 12.2. The highest BCUT2D eigenvalue weighted by atomic mass is 19.4. The third-order valence-electron chi connectivity index (χ3n) is 4.32. The molecule has 9 heteroatoms. The van der Waals surface area contributed by atoms with Crippen LogP contribution >= 0.6 is 0 Å². The summed E-state index contributed by atoms with van der Waals surface area (Å²) in [5.74, 6) is 0. The largest absolute Gasteiger partial charge is 0.429 e. The van der Waals surface area contributed by atoms with Crippen molar-refractivity contribution in [1.29, 1.82) is 0 Å². The molecule has 0 saturated carbocycles. The minimum Gasteiger partial charge on any atom is -0.347 e. The van der Waals surface area contributed by atoms with E-state index in [1.807, 2.05) is 30.3 Å². The van der Waals surface area contributed by atoms with Crippen molar-refractivity contribution in [2.24, 2.45) is 19.1 Å². The molecule has 2 aromatic rings. The van der Waals surface area contributed by atoms with E-state index < -0.39 is 23.6 Å². The Kier molecular flexibility index (Phi) is 4.47. The molecule has 3 rings (SSSR count). The molecule has 1 unspecified atom stereocenters. The van der Waals surface area contributed by atoms with Gasteiger partial charge in [-0.25, -0.2) is 9.79 Å². The molecular formula is C17H17F3N4O2. The monoisotopic (exact) mass is 366 g/mol. The average Bonchev–Trinajstić information content (AvgIpc) is 2.62. The third kappa shape index (κ3) is 3.16. The number of rotatable bonds is 3. The molecule has 0 saturated heterocycles. The maximum absolute atomic E-state index is 13.5. The molecule has 0 aliphatic carbocycles. The van der Waals surface area contributed by atoms with Crippen LogP contribution in [0.5, 0.6) is 0 Å². The van der Waals surface area contributed by atoms with Gasteiger partial charge in [-0.1, -0.05) is 30.3 Å². The first-order valence-electron chi connectivity index (χ1n) is 7.92. The van der Waals surface area contributed by atoms with E-state index >= 15 is 0 Å². The van der Waals surface area contributed by atoms with Gasteiger partial charge in [-0.2, -0.15) is 13.2 Å². The summed E-state index contributed by atoms with van der Waals surface area (Å²) >= 11 is 0. The number of hydrogen-bond acceptors (Lipinski definition) is 4. The molecule has 0 spiro atoms. The number of fused-ring (bicyclic) bond motifs is 1. The molecular weight excluding hydrogens is 349 g/mol. The molecule has 0 bridgehead atoms. The van der Waals surface area contributed by atoms with Crippen molar-refractivity contribution >= 4 is 6.20 Å². The highest BCUT2D eigenvalue weighted by Gasteiger charge is 2.44. The summed E-state index contributed by atoms with van der Waals surface area (Å²) < 4.78 is 42.3. The Morgan fingerprint density at radius 2 is 1.73 bits per heavy atom. The van der Waals surface area contributed by atoms with Crippen LogP contribution in [-0.4, -0.2) is 32.9 Å². The second-order valence-corrected chi connectivity index (χ2v) is 6.09. The molecule has 1 aromatic heterocycles. The average molecular weight is 366 g/mol. The minimum absolute atomic E-state index is 0.0249. The lowest BCUT2D eigenvalue weighted by Crippen LogP contribution is -2.62. The Labute approximate surface area is 146 Å². The molecule has 0 amide bonds. The van der Waals surface area contributed by atoms with Crippen LogP contribution in [0, 0.1) is 0 Å². The third-order valence-corrected chi connectivity index (χ3v) is 4.32. The lowest BCUT2D eigenvalue weighted by Gasteiger charge is -2.31. The summed E-state index contributed by atoms with van der Waals surface area (Å²) in [5, 5.41) is -0.0249. The van der Waals surface area contributed by atoms with Crippen molar-refractivity contribution in [2.75, 3.05) is 6.54 Å². The lowest BCUT2D eigenvalue weighted by molar-refractivity contribution is -0.173. The highest BCUT2D eigenvalue weighted by Crippen LogP contribution is 2.26. The van der Waals surface area contributed by atoms with E-state index in [-0.39, 0.29) is 17.3 Å². The molecule has 0 fully saturated rings. The Hall–Kier alpha value is -2.84. The molecule has 0 radical (unpaired) electrons. The second-order valence-electron chi connectivity index (χ2n) is 6.09. The predicted octanol–water partition coefficient (Wildman–Crippen LogP) is -0.112. The van der Waals surface area contributed by atoms with E-state index in [9.17, 15) is 22.8 Å². The lowest BCUT2D eigenvalue weighted by atomic mass is 10.1. The van der Waals surface area contributed by atoms with Gasteiger partial charge in [0, 0.05) is 26.8 Å². The zero-order valence-corrected chi connectivity index (χ0v) is 14.2. The van der Waals surface area contributed by atoms with Gasteiger partial charge in [0.25, 0.3) is 5.56 Å². The topological polar surface area (TPSA) is 59.6 Å². The molecule has 1 atom stereocenters. The van der Waals surface area contributed by atoms with E-state index in [0.717, 1.165) is 25.8 Å².